The highest BCUT2D eigenvalue weighted by Gasteiger charge is 2.55. The summed E-state index contributed by atoms with van der Waals surface area (Å²) in [6.07, 6.45) is -0.956. The van der Waals surface area contributed by atoms with Gasteiger partial charge in [0, 0.05) is 42.8 Å². The van der Waals surface area contributed by atoms with Crippen LogP contribution in [0.4, 0.5) is 8.78 Å². The number of pyridine rings is 1. The second-order valence-corrected chi connectivity index (χ2v) is 10.9. The summed E-state index contributed by atoms with van der Waals surface area (Å²) in [4.78, 5) is 46.0. The highest BCUT2D eigenvalue weighted by Crippen LogP contribution is 2.38. The second-order valence-electron chi connectivity index (χ2n) is 10.4. The minimum atomic E-state index is -2.78. The normalized spacial score (nSPS) is 19.8. The van der Waals surface area contributed by atoms with E-state index in [1.165, 1.54) is 18.7 Å². The highest BCUT2D eigenvalue weighted by molar-refractivity contribution is 6.30. The van der Waals surface area contributed by atoms with E-state index in [1.54, 1.807) is 48.7 Å². The van der Waals surface area contributed by atoms with Gasteiger partial charge in [-0.15, -0.1) is 0 Å². The van der Waals surface area contributed by atoms with Crippen LogP contribution < -0.4 is 15.8 Å². The van der Waals surface area contributed by atoms with Crippen LogP contribution in [0.25, 0.3) is 0 Å². The van der Waals surface area contributed by atoms with E-state index in [4.69, 9.17) is 22.1 Å². The molecule has 10 nitrogen and oxygen atoms in total. The lowest BCUT2D eigenvalue weighted by atomic mass is 9.74. The number of alkyl halides is 2. The van der Waals surface area contributed by atoms with Gasteiger partial charge in [-0.3, -0.25) is 19.4 Å². The molecule has 2 aliphatic rings. The Kier molecular flexibility index (Phi) is 8.69. The molecule has 0 bridgehead atoms. The van der Waals surface area contributed by atoms with Crippen molar-refractivity contribution in [3.63, 3.8) is 0 Å². The van der Waals surface area contributed by atoms with E-state index in [1.807, 2.05) is 0 Å². The zero-order valence-electron chi connectivity index (χ0n) is 22.1. The van der Waals surface area contributed by atoms with Crippen LogP contribution in [0, 0.1) is 5.41 Å². The molecular formula is C27H31ClF2N6O4. The van der Waals surface area contributed by atoms with E-state index in [2.05, 4.69) is 15.4 Å². The number of likely N-dealkylation sites (tertiary alicyclic amines) is 1. The van der Waals surface area contributed by atoms with Gasteiger partial charge in [-0.2, -0.15) is 5.10 Å². The summed E-state index contributed by atoms with van der Waals surface area (Å²) >= 11 is 6.04. The Morgan fingerprint density at radius 3 is 2.67 bits per heavy atom. The molecule has 3 amide bonds. The maximum absolute atomic E-state index is 13.9. The number of rotatable bonds is 10. The molecule has 3 heterocycles. The van der Waals surface area contributed by atoms with Crippen molar-refractivity contribution in [3.8, 4) is 5.75 Å². The van der Waals surface area contributed by atoms with E-state index in [-0.39, 0.29) is 32.5 Å². The van der Waals surface area contributed by atoms with Crippen molar-refractivity contribution < 1.29 is 27.9 Å². The SMILES string of the molecule is CC(C)(N)C(=O)N[C@H](COc1cccc(Cl)c1)C(=O)N1CCC2=NN(CC(F)F)C(=O)[C@]2(Cc2ccccn2)C1. The fraction of sp³-hybridized carbons (Fsp3) is 0.444. The Balaban J connectivity index is 1.61. The van der Waals surface area contributed by atoms with Crippen molar-refractivity contribution >= 4 is 35.0 Å². The zero-order valence-corrected chi connectivity index (χ0v) is 22.9. The number of piperidine rings is 1. The molecule has 0 saturated carbocycles. The van der Waals surface area contributed by atoms with Gasteiger partial charge in [0.05, 0.1) is 11.3 Å². The first-order valence-corrected chi connectivity index (χ1v) is 13.1. The van der Waals surface area contributed by atoms with Crippen LogP contribution in [-0.2, 0) is 20.8 Å². The van der Waals surface area contributed by atoms with Gasteiger partial charge >= 0.3 is 0 Å². The number of nitrogens with zero attached hydrogens (tertiary/aromatic N) is 4. The molecule has 40 heavy (non-hydrogen) atoms. The number of ether oxygens (including phenoxy) is 1. The van der Waals surface area contributed by atoms with Crippen LogP contribution in [0.2, 0.25) is 5.02 Å². The molecule has 3 N–H and O–H groups in total. The lowest BCUT2D eigenvalue weighted by Crippen LogP contribution is -2.62. The molecule has 2 aliphatic heterocycles. The molecule has 1 saturated heterocycles. The van der Waals surface area contributed by atoms with E-state index >= 15 is 0 Å². The first kappa shape index (κ1) is 29.3. The number of benzene rings is 1. The van der Waals surface area contributed by atoms with Gasteiger partial charge in [0.2, 0.25) is 11.8 Å². The molecule has 2 aromatic rings. The number of hydrazone groups is 1. The van der Waals surface area contributed by atoms with E-state index in [0.29, 0.717) is 22.2 Å². The Bertz CT molecular complexity index is 1290. The Labute approximate surface area is 235 Å². The van der Waals surface area contributed by atoms with Gasteiger partial charge < -0.3 is 20.7 Å². The number of aromatic nitrogens is 1. The maximum atomic E-state index is 13.9. The number of carbonyl (C=O) groups is 3. The van der Waals surface area contributed by atoms with E-state index in [9.17, 15) is 23.2 Å². The second kappa shape index (κ2) is 11.8. The molecule has 0 unspecified atom stereocenters. The molecule has 4 rings (SSSR count). The molecule has 0 aliphatic carbocycles. The van der Waals surface area contributed by atoms with Crippen molar-refractivity contribution in [1.82, 2.24) is 20.2 Å². The monoisotopic (exact) mass is 576 g/mol. The summed E-state index contributed by atoms with van der Waals surface area (Å²) in [5, 5.41) is 8.11. The van der Waals surface area contributed by atoms with Crippen LogP contribution >= 0.6 is 11.6 Å². The largest absolute Gasteiger partial charge is 0.491 e. The zero-order chi connectivity index (χ0) is 29.1. The van der Waals surface area contributed by atoms with Crippen molar-refractivity contribution in [1.29, 1.82) is 0 Å². The highest BCUT2D eigenvalue weighted by atomic mass is 35.5. The molecule has 13 heteroatoms. The van der Waals surface area contributed by atoms with Gasteiger partial charge in [0.25, 0.3) is 12.3 Å². The fourth-order valence-corrected chi connectivity index (χ4v) is 4.90. The maximum Gasteiger partial charge on any atom is 0.258 e. The first-order chi connectivity index (χ1) is 18.9. The van der Waals surface area contributed by atoms with Crippen LogP contribution in [-0.4, -0.2) is 82.6 Å². The van der Waals surface area contributed by atoms with Gasteiger partial charge in [-0.1, -0.05) is 23.7 Å². The van der Waals surface area contributed by atoms with Crippen molar-refractivity contribution in [2.24, 2.45) is 16.3 Å². The van der Waals surface area contributed by atoms with Crippen LogP contribution in [0.1, 0.15) is 26.0 Å². The van der Waals surface area contributed by atoms with Gasteiger partial charge in [0.1, 0.15) is 30.4 Å². The first-order valence-electron chi connectivity index (χ1n) is 12.7. The number of nitrogens with two attached hydrogens (primary N) is 1. The topological polar surface area (TPSA) is 130 Å². The smallest absolute Gasteiger partial charge is 0.258 e. The lowest BCUT2D eigenvalue weighted by Gasteiger charge is -2.40. The summed E-state index contributed by atoms with van der Waals surface area (Å²) in [5.41, 5.74) is 4.28. The number of nitrogens with one attached hydrogen (secondary N) is 1. The van der Waals surface area contributed by atoms with Crippen molar-refractivity contribution in [3.05, 3.63) is 59.4 Å². The molecular weight excluding hydrogens is 546 g/mol. The summed E-state index contributed by atoms with van der Waals surface area (Å²) in [7, 11) is 0. The van der Waals surface area contributed by atoms with Gasteiger partial charge in [-0.25, -0.2) is 13.8 Å². The van der Waals surface area contributed by atoms with Crippen LogP contribution in [0.15, 0.2) is 53.8 Å². The average Bonchev–Trinajstić information content (AvgIpc) is 3.15. The Morgan fingerprint density at radius 2 is 2.02 bits per heavy atom. The summed E-state index contributed by atoms with van der Waals surface area (Å²) in [6.45, 7) is 1.95. The van der Waals surface area contributed by atoms with Crippen molar-refractivity contribution in [2.45, 2.75) is 44.7 Å². The van der Waals surface area contributed by atoms with Gasteiger partial charge in [0.15, 0.2) is 0 Å². The Morgan fingerprint density at radius 1 is 1.25 bits per heavy atom. The van der Waals surface area contributed by atoms with Gasteiger partial charge in [-0.05, 0) is 44.2 Å². The van der Waals surface area contributed by atoms with Crippen LogP contribution in [0.3, 0.4) is 0 Å². The predicted octanol–water partition coefficient (Wildman–Crippen LogP) is 2.26. The number of amides is 3. The summed E-state index contributed by atoms with van der Waals surface area (Å²) in [6, 6.07) is 10.6. The summed E-state index contributed by atoms with van der Waals surface area (Å²) in [5.74, 6) is -1.33. The molecule has 0 radical (unpaired) electrons. The number of carbonyl (C=O) groups excluding carboxylic acids is 3. The Hall–Kier alpha value is -3.64. The molecule has 2 atom stereocenters. The number of fused-ring (bicyclic) bond motifs is 1. The third-order valence-corrected chi connectivity index (χ3v) is 6.99. The quantitative estimate of drug-likeness (QED) is 0.446. The van der Waals surface area contributed by atoms with Crippen LogP contribution in [0.5, 0.6) is 5.75 Å². The number of hydrogen-bond donors (Lipinski definition) is 2. The molecule has 0 spiro atoms. The average molecular weight is 577 g/mol. The third-order valence-electron chi connectivity index (χ3n) is 6.75. The minimum absolute atomic E-state index is 0.0703. The van der Waals surface area contributed by atoms with E-state index in [0.717, 1.165) is 5.01 Å². The van der Waals surface area contributed by atoms with Crippen molar-refractivity contribution in [2.75, 3.05) is 26.2 Å². The minimum Gasteiger partial charge on any atom is -0.491 e. The lowest BCUT2D eigenvalue weighted by molar-refractivity contribution is -0.144. The predicted molar refractivity (Wildman–Crippen MR) is 144 cm³/mol. The summed E-state index contributed by atoms with van der Waals surface area (Å²) < 4.78 is 32.3. The molecule has 1 fully saturated rings. The van der Waals surface area contributed by atoms with E-state index < -0.39 is 47.7 Å². The molecule has 1 aromatic carbocycles. The molecule has 214 valence electrons. The standard InChI is InChI=1S/C27H31ClF2N6O4/c1-26(2,31)24(38)33-20(15-40-19-8-5-6-17(28)12-19)23(37)35-11-9-21-27(16-35,13-18-7-3-4-10-32-18)25(39)36(34-21)14-22(29)30/h3-8,10,12,20,22H,9,11,13-16,31H2,1-2H3,(H,33,38)/t20-,27-/m1/s1. The number of halogens is 3. The number of hydrogen-bond acceptors (Lipinski definition) is 7. The fourth-order valence-electron chi connectivity index (χ4n) is 4.71. The molecule has 1 aromatic heterocycles. The third kappa shape index (κ3) is 6.56.